The van der Waals surface area contributed by atoms with Crippen molar-refractivity contribution in [2.75, 3.05) is 6.61 Å². The third-order valence-corrected chi connectivity index (χ3v) is 4.36. The Morgan fingerprint density at radius 2 is 2.14 bits per heavy atom. The van der Waals surface area contributed by atoms with E-state index in [-0.39, 0.29) is 11.5 Å². The number of epoxide rings is 1. The number of hydrogen-bond donors (Lipinski definition) is 0. The van der Waals surface area contributed by atoms with E-state index in [2.05, 4.69) is 12.2 Å². The Bertz CT molecular complexity index is 376. The molecule has 1 heterocycles. The summed E-state index contributed by atoms with van der Waals surface area (Å²) in [5, 5.41) is 0. The van der Waals surface area contributed by atoms with Gasteiger partial charge < -0.3 is 4.74 Å². The molecule has 0 aromatic carbocycles. The van der Waals surface area contributed by atoms with Crippen molar-refractivity contribution in [1.82, 2.24) is 0 Å². The van der Waals surface area contributed by atoms with Gasteiger partial charge in [-0.1, -0.05) is 12.2 Å². The second-order valence-electron chi connectivity index (χ2n) is 4.98. The first-order valence-electron chi connectivity index (χ1n) is 5.36. The van der Waals surface area contributed by atoms with E-state index < -0.39 is 0 Å². The number of rotatable bonds is 0. The molecule has 2 nitrogen and oxygen atoms in total. The summed E-state index contributed by atoms with van der Waals surface area (Å²) in [4.78, 5) is 11.8. The molecule has 0 unspecified atom stereocenters. The zero-order valence-corrected chi connectivity index (χ0v) is 7.85. The minimum Gasteiger partial charge on any atom is -0.365 e. The van der Waals surface area contributed by atoms with Crippen molar-refractivity contribution < 1.29 is 9.53 Å². The molecular weight excluding hydrogens is 176 g/mol. The van der Waals surface area contributed by atoms with Gasteiger partial charge in [-0.05, 0) is 30.4 Å². The predicted octanol–water partition coefficient (Wildman–Crippen LogP) is 1.33. The SMILES string of the molecule is O=C1C=C[C@]2(CO2)[C@@H]2[C@H]1[C@H]1C=C[C@H]2C1. The Balaban J connectivity index is 1.87. The van der Waals surface area contributed by atoms with Gasteiger partial charge in [-0.3, -0.25) is 4.79 Å². The molecule has 4 rings (SSSR count). The summed E-state index contributed by atoms with van der Waals surface area (Å²) in [7, 11) is 0. The molecule has 0 N–H and O–H groups in total. The van der Waals surface area contributed by atoms with Crippen LogP contribution in [0.4, 0.5) is 0 Å². The van der Waals surface area contributed by atoms with Gasteiger partial charge in [-0.15, -0.1) is 0 Å². The number of fused-ring (bicyclic) bond motifs is 6. The molecular formula is C12H12O2. The lowest BCUT2D eigenvalue weighted by Crippen LogP contribution is -2.39. The fourth-order valence-electron chi connectivity index (χ4n) is 3.69. The Hall–Kier alpha value is -0.890. The van der Waals surface area contributed by atoms with Crippen LogP contribution in [0, 0.1) is 23.7 Å². The molecule has 0 aromatic rings. The molecule has 1 aliphatic heterocycles. The average molecular weight is 188 g/mol. The smallest absolute Gasteiger partial charge is 0.159 e. The van der Waals surface area contributed by atoms with E-state index in [4.69, 9.17) is 4.74 Å². The van der Waals surface area contributed by atoms with Gasteiger partial charge in [-0.25, -0.2) is 0 Å². The highest BCUT2D eigenvalue weighted by molar-refractivity contribution is 5.94. The standard InChI is InChI=1S/C12H12O2/c13-9-3-4-12(6-14-12)11-8-2-1-7(5-8)10(9)11/h1-4,7-8,10-11H,5-6H2/t7-,8-,10-,11-,12-/m0/s1. The predicted molar refractivity (Wildman–Crippen MR) is 50.5 cm³/mol. The summed E-state index contributed by atoms with van der Waals surface area (Å²) < 4.78 is 5.58. The van der Waals surface area contributed by atoms with Crippen molar-refractivity contribution in [2.24, 2.45) is 23.7 Å². The zero-order valence-electron chi connectivity index (χ0n) is 7.85. The highest BCUT2D eigenvalue weighted by Crippen LogP contribution is 2.59. The van der Waals surface area contributed by atoms with Crippen LogP contribution in [-0.2, 0) is 9.53 Å². The van der Waals surface area contributed by atoms with E-state index in [0.717, 1.165) is 6.61 Å². The van der Waals surface area contributed by atoms with E-state index in [1.54, 1.807) is 6.08 Å². The van der Waals surface area contributed by atoms with Crippen LogP contribution in [0.2, 0.25) is 0 Å². The molecule has 4 aliphatic rings. The van der Waals surface area contributed by atoms with Crippen LogP contribution >= 0.6 is 0 Å². The fraction of sp³-hybridized carbons (Fsp3) is 0.583. The third kappa shape index (κ3) is 0.672. The molecule has 1 saturated heterocycles. The molecule has 0 aromatic heterocycles. The van der Waals surface area contributed by atoms with E-state index in [0.29, 0.717) is 23.5 Å². The summed E-state index contributed by atoms with van der Waals surface area (Å²) in [6.07, 6.45) is 9.46. The molecule has 0 radical (unpaired) electrons. The molecule has 1 saturated carbocycles. The van der Waals surface area contributed by atoms with Crippen LogP contribution in [-0.4, -0.2) is 18.0 Å². The summed E-state index contributed by atoms with van der Waals surface area (Å²) >= 11 is 0. The summed E-state index contributed by atoms with van der Waals surface area (Å²) in [6, 6.07) is 0. The Morgan fingerprint density at radius 3 is 2.93 bits per heavy atom. The maximum absolute atomic E-state index is 11.8. The third-order valence-electron chi connectivity index (χ3n) is 4.36. The largest absolute Gasteiger partial charge is 0.365 e. The highest BCUT2D eigenvalue weighted by Gasteiger charge is 2.63. The number of ether oxygens (including phenoxy) is 1. The van der Waals surface area contributed by atoms with Crippen LogP contribution < -0.4 is 0 Å². The number of ketones is 1. The first kappa shape index (κ1) is 7.41. The Labute approximate surface area is 82.6 Å². The first-order chi connectivity index (χ1) is 6.80. The van der Waals surface area contributed by atoms with Gasteiger partial charge in [0.05, 0.1) is 6.61 Å². The lowest BCUT2D eigenvalue weighted by molar-refractivity contribution is -0.121. The van der Waals surface area contributed by atoms with Crippen molar-refractivity contribution in [2.45, 2.75) is 12.0 Å². The maximum atomic E-state index is 11.8. The normalized spacial score (nSPS) is 57.0. The van der Waals surface area contributed by atoms with E-state index in [1.165, 1.54) is 6.42 Å². The molecule has 1 spiro atoms. The zero-order chi connectivity index (χ0) is 9.34. The van der Waals surface area contributed by atoms with Crippen LogP contribution in [0.15, 0.2) is 24.3 Å². The monoisotopic (exact) mass is 188 g/mol. The Kier molecular flexibility index (Phi) is 1.08. The molecule has 2 fully saturated rings. The van der Waals surface area contributed by atoms with Crippen molar-refractivity contribution in [3.8, 4) is 0 Å². The van der Waals surface area contributed by atoms with Crippen molar-refractivity contribution in [1.29, 1.82) is 0 Å². The van der Waals surface area contributed by atoms with Gasteiger partial charge in [0.15, 0.2) is 5.78 Å². The van der Waals surface area contributed by atoms with Crippen LogP contribution in [0.3, 0.4) is 0 Å². The lowest BCUT2D eigenvalue weighted by Gasteiger charge is -2.32. The Morgan fingerprint density at radius 1 is 1.36 bits per heavy atom. The minimum atomic E-state index is -0.0389. The number of carbonyl (C=O) groups is 1. The molecule has 3 aliphatic carbocycles. The van der Waals surface area contributed by atoms with Gasteiger partial charge in [-0.2, -0.15) is 0 Å². The van der Waals surface area contributed by atoms with Crippen molar-refractivity contribution >= 4 is 5.78 Å². The van der Waals surface area contributed by atoms with Crippen molar-refractivity contribution in [3.63, 3.8) is 0 Å². The lowest BCUT2D eigenvalue weighted by atomic mass is 9.70. The van der Waals surface area contributed by atoms with Gasteiger partial charge >= 0.3 is 0 Å². The van der Waals surface area contributed by atoms with Crippen LogP contribution in [0.25, 0.3) is 0 Å². The molecule has 0 amide bonds. The minimum absolute atomic E-state index is 0.0389. The molecule has 5 atom stereocenters. The van der Waals surface area contributed by atoms with Gasteiger partial charge in [0.25, 0.3) is 0 Å². The van der Waals surface area contributed by atoms with Gasteiger partial charge in [0.2, 0.25) is 0 Å². The number of carbonyl (C=O) groups excluding carboxylic acids is 1. The molecule has 72 valence electrons. The van der Waals surface area contributed by atoms with E-state index in [1.807, 2.05) is 6.08 Å². The van der Waals surface area contributed by atoms with E-state index in [9.17, 15) is 4.79 Å². The summed E-state index contributed by atoms with van der Waals surface area (Å²) in [5.74, 6) is 2.12. The quantitative estimate of drug-likeness (QED) is 0.424. The van der Waals surface area contributed by atoms with Crippen molar-refractivity contribution in [3.05, 3.63) is 24.3 Å². The highest BCUT2D eigenvalue weighted by atomic mass is 16.6. The summed E-state index contributed by atoms with van der Waals surface area (Å²) in [5.41, 5.74) is -0.0389. The van der Waals surface area contributed by atoms with Crippen LogP contribution in [0.5, 0.6) is 0 Å². The second kappa shape index (κ2) is 2.03. The topological polar surface area (TPSA) is 29.6 Å². The van der Waals surface area contributed by atoms with Gasteiger partial charge in [0.1, 0.15) is 5.60 Å². The number of hydrogen-bond acceptors (Lipinski definition) is 2. The average Bonchev–Trinajstić information content (AvgIpc) is 2.68. The van der Waals surface area contributed by atoms with E-state index >= 15 is 0 Å². The van der Waals surface area contributed by atoms with Crippen LogP contribution in [0.1, 0.15) is 6.42 Å². The number of allylic oxidation sites excluding steroid dienone is 3. The second-order valence-corrected chi connectivity index (χ2v) is 4.98. The molecule has 2 bridgehead atoms. The summed E-state index contributed by atoms with van der Waals surface area (Å²) in [6.45, 7) is 0.828. The fourth-order valence-corrected chi connectivity index (χ4v) is 3.69. The molecule has 14 heavy (non-hydrogen) atoms. The maximum Gasteiger partial charge on any atom is 0.159 e. The van der Waals surface area contributed by atoms with Gasteiger partial charge in [0, 0.05) is 11.8 Å². The first-order valence-corrected chi connectivity index (χ1v) is 5.36. The molecule has 2 heteroatoms.